The van der Waals surface area contributed by atoms with E-state index in [2.05, 4.69) is 21.2 Å². The maximum atomic E-state index is 13.4. The minimum absolute atomic E-state index is 0.133. The van der Waals surface area contributed by atoms with Crippen molar-refractivity contribution in [2.75, 3.05) is 11.1 Å². The van der Waals surface area contributed by atoms with E-state index in [0.29, 0.717) is 17.1 Å². The maximum Gasteiger partial charge on any atom is 0.160 e. The van der Waals surface area contributed by atoms with Crippen LogP contribution in [0.2, 0.25) is 10.0 Å². The van der Waals surface area contributed by atoms with E-state index in [-0.39, 0.29) is 14.5 Å². The molecule has 2 aromatic rings. The molecule has 0 saturated carbocycles. The van der Waals surface area contributed by atoms with Gasteiger partial charge < -0.3 is 11.1 Å². The van der Waals surface area contributed by atoms with E-state index in [9.17, 15) is 8.78 Å². The molecule has 2 rings (SSSR count). The van der Waals surface area contributed by atoms with Gasteiger partial charge in [0.05, 0.1) is 25.9 Å². The van der Waals surface area contributed by atoms with Crippen molar-refractivity contribution in [3.63, 3.8) is 0 Å². The molecular formula is C12H7BrCl2F2N2. The number of hydrogen-bond donors (Lipinski definition) is 2. The molecular weight excluding hydrogens is 361 g/mol. The molecule has 0 unspecified atom stereocenters. The predicted octanol–water partition coefficient (Wildman–Crippen LogP) is 5.36. The summed E-state index contributed by atoms with van der Waals surface area (Å²) in [6.45, 7) is 0. The van der Waals surface area contributed by atoms with E-state index >= 15 is 0 Å². The Morgan fingerprint density at radius 3 is 2.21 bits per heavy atom. The highest BCUT2D eigenvalue weighted by Crippen LogP contribution is 2.32. The summed E-state index contributed by atoms with van der Waals surface area (Å²) in [6.07, 6.45) is 0. The van der Waals surface area contributed by atoms with Crippen molar-refractivity contribution in [1.82, 2.24) is 0 Å². The minimum Gasteiger partial charge on any atom is -0.397 e. The summed E-state index contributed by atoms with van der Waals surface area (Å²) in [4.78, 5) is 0. The molecule has 0 radical (unpaired) electrons. The van der Waals surface area contributed by atoms with Gasteiger partial charge in [0, 0.05) is 11.8 Å². The first-order valence-corrected chi connectivity index (χ1v) is 6.59. The molecule has 0 spiro atoms. The van der Waals surface area contributed by atoms with Crippen LogP contribution in [-0.2, 0) is 0 Å². The average molecular weight is 368 g/mol. The normalized spacial score (nSPS) is 10.6. The highest BCUT2D eigenvalue weighted by Gasteiger charge is 2.10. The summed E-state index contributed by atoms with van der Waals surface area (Å²) in [5.41, 5.74) is 6.81. The Hall–Kier alpha value is -1.04. The van der Waals surface area contributed by atoms with Crippen molar-refractivity contribution in [3.05, 3.63) is 50.4 Å². The van der Waals surface area contributed by atoms with Crippen molar-refractivity contribution >= 4 is 56.2 Å². The van der Waals surface area contributed by atoms with E-state index < -0.39 is 11.6 Å². The second-order valence-corrected chi connectivity index (χ2v) is 5.40. The Bertz CT molecular complexity index is 627. The van der Waals surface area contributed by atoms with Gasteiger partial charge in [0.15, 0.2) is 5.82 Å². The summed E-state index contributed by atoms with van der Waals surface area (Å²) in [5.74, 6) is -1.18. The SMILES string of the molecule is Nc1cc(Br)c(F)cc1Nc1cc(Cl)c(F)c(Cl)c1. The van der Waals surface area contributed by atoms with Crippen LogP contribution >= 0.6 is 39.1 Å². The smallest absolute Gasteiger partial charge is 0.160 e. The molecule has 0 aromatic heterocycles. The fourth-order valence-corrected chi connectivity index (χ4v) is 2.30. The first kappa shape index (κ1) is 14.4. The van der Waals surface area contributed by atoms with Crippen molar-refractivity contribution in [1.29, 1.82) is 0 Å². The Labute approximate surface area is 126 Å². The standard InChI is InChI=1S/C12H7BrCl2F2N2/c13-6-3-10(18)11(4-9(6)16)19-5-1-7(14)12(17)8(15)2-5/h1-4,19H,18H2. The molecule has 0 aliphatic rings. The molecule has 0 atom stereocenters. The number of rotatable bonds is 2. The van der Waals surface area contributed by atoms with Gasteiger partial charge in [-0.25, -0.2) is 8.78 Å². The minimum atomic E-state index is -0.705. The van der Waals surface area contributed by atoms with Gasteiger partial charge >= 0.3 is 0 Å². The first-order chi connectivity index (χ1) is 8.88. The molecule has 7 heteroatoms. The van der Waals surface area contributed by atoms with E-state index in [1.807, 2.05) is 0 Å². The summed E-state index contributed by atoms with van der Waals surface area (Å²) in [6, 6.07) is 5.30. The molecule has 0 bridgehead atoms. The van der Waals surface area contributed by atoms with Crippen molar-refractivity contribution in [2.45, 2.75) is 0 Å². The molecule has 19 heavy (non-hydrogen) atoms. The van der Waals surface area contributed by atoms with Crippen LogP contribution in [0, 0.1) is 11.6 Å². The van der Waals surface area contributed by atoms with Crippen LogP contribution in [-0.4, -0.2) is 0 Å². The van der Waals surface area contributed by atoms with E-state index in [1.165, 1.54) is 24.3 Å². The van der Waals surface area contributed by atoms with Crippen molar-refractivity contribution in [2.24, 2.45) is 0 Å². The monoisotopic (exact) mass is 366 g/mol. The Balaban J connectivity index is 2.39. The van der Waals surface area contributed by atoms with Gasteiger partial charge in [-0.05, 0) is 34.1 Å². The molecule has 0 fully saturated rings. The van der Waals surface area contributed by atoms with Crippen LogP contribution in [0.5, 0.6) is 0 Å². The second kappa shape index (κ2) is 5.53. The second-order valence-electron chi connectivity index (χ2n) is 3.73. The fourth-order valence-electron chi connectivity index (χ4n) is 1.45. The largest absolute Gasteiger partial charge is 0.397 e. The topological polar surface area (TPSA) is 38.0 Å². The Kier molecular flexibility index (Phi) is 4.18. The number of halogens is 5. The lowest BCUT2D eigenvalue weighted by Crippen LogP contribution is -1.98. The third kappa shape index (κ3) is 3.11. The number of nitrogens with one attached hydrogen (secondary N) is 1. The highest BCUT2D eigenvalue weighted by atomic mass is 79.9. The van der Waals surface area contributed by atoms with Crippen molar-refractivity contribution in [3.8, 4) is 0 Å². The third-order valence-electron chi connectivity index (χ3n) is 2.36. The van der Waals surface area contributed by atoms with Crippen LogP contribution in [0.1, 0.15) is 0 Å². The van der Waals surface area contributed by atoms with E-state index in [0.717, 1.165) is 0 Å². The lowest BCUT2D eigenvalue weighted by Gasteiger charge is -2.11. The Morgan fingerprint density at radius 2 is 1.63 bits per heavy atom. The van der Waals surface area contributed by atoms with Crippen LogP contribution in [0.3, 0.4) is 0 Å². The van der Waals surface area contributed by atoms with Gasteiger partial charge in [-0.2, -0.15) is 0 Å². The van der Waals surface area contributed by atoms with Crippen molar-refractivity contribution < 1.29 is 8.78 Å². The molecule has 2 nitrogen and oxygen atoms in total. The number of anilines is 3. The van der Waals surface area contributed by atoms with Gasteiger partial charge in [-0.3, -0.25) is 0 Å². The molecule has 100 valence electrons. The van der Waals surface area contributed by atoms with Gasteiger partial charge in [0.1, 0.15) is 5.82 Å². The molecule has 0 aliphatic heterocycles. The number of nitrogens with two attached hydrogens (primary N) is 1. The van der Waals surface area contributed by atoms with E-state index in [1.54, 1.807) is 0 Å². The summed E-state index contributed by atoms with van der Waals surface area (Å²) in [7, 11) is 0. The molecule has 0 saturated heterocycles. The zero-order chi connectivity index (χ0) is 14.2. The van der Waals surface area contributed by atoms with Crippen LogP contribution in [0.4, 0.5) is 25.8 Å². The highest BCUT2D eigenvalue weighted by molar-refractivity contribution is 9.10. The van der Waals surface area contributed by atoms with Crippen LogP contribution in [0.25, 0.3) is 0 Å². The summed E-state index contributed by atoms with van der Waals surface area (Å²) >= 11 is 14.4. The fraction of sp³-hybridized carbons (Fsp3) is 0. The summed E-state index contributed by atoms with van der Waals surface area (Å²) in [5, 5.41) is 2.56. The molecule has 3 N–H and O–H groups in total. The third-order valence-corrected chi connectivity index (χ3v) is 3.51. The average Bonchev–Trinajstić information content (AvgIpc) is 2.33. The quantitative estimate of drug-likeness (QED) is 0.553. The Morgan fingerprint density at radius 1 is 1.05 bits per heavy atom. The predicted molar refractivity (Wildman–Crippen MR) is 78.2 cm³/mol. The molecule has 0 heterocycles. The first-order valence-electron chi connectivity index (χ1n) is 5.04. The molecule has 0 amide bonds. The van der Waals surface area contributed by atoms with Gasteiger partial charge in [0.2, 0.25) is 0 Å². The zero-order valence-electron chi connectivity index (χ0n) is 9.28. The van der Waals surface area contributed by atoms with E-state index in [4.69, 9.17) is 28.9 Å². The molecule has 0 aliphatic carbocycles. The lowest BCUT2D eigenvalue weighted by atomic mass is 10.2. The van der Waals surface area contributed by atoms with Crippen LogP contribution in [0.15, 0.2) is 28.7 Å². The van der Waals surface area contributed by atoms with Crippen LogP contribution < -0.4 is 11.1 Å². The van der Waals surface area contributed by atoms with Gasteiger partial charge in [0.25, 0.3) is 0 Å². The molecule has 2 aromatic carbocycles. The number of benzene rings is 2. The zero-order valence-corrected chi connectivity index (χ0v) is 12.4. The lowest BCUT2D eigenvalue weighted by molar-refractivity contribution is 0.622. The van der Waals surface area contributed by atoms with Gasteiger partial charge in [-0.1, -0.05) is 23.2 Å². The summed E-state index contributed by atoms with van der Waals surface area (Å²) < 4.78 is 26.9. The number of hydrogen-bond acceptors (Lipinski definition) is 2. The van der Waals surface area contributed by atoms with Gasteiger partial charge in [-0.15, -0.1) is 0 Å². The number of nitrogen functional groups attached to an aromatic ring is 1. The maximum absolute atomic E-state index is 13.4.